The fourth-order valence-corrected chi connectivity index (χ4v) is 4.05. The zero-order valence-electron chi connectivity index (χ0n) is 17.7. The van der Waals surface area contributed by atoms with Crippen LogP contribution in [0.5, 0.6) is 0 Å². The molecule has 0 radical (unpaired) electrons. The molecular weight excluding hydrogens is 424 g/mol. The second kappa shape index (κ2) is 10.0. The Morgan fingerprint density at radius 1 is 0.767 bits per heavy atom. The number of aliphatic hydroxyl groups is 1. The van der Waals surface area contributed by atoms with Crippen molar-refractivity contribution >= 4 is 20.0 Å². The highest BCUT2D eigenvalue weighted by atomic mass is 32.2. The number of sulfonamides is 2. The molecule has 166 valence electrons. The summed E-state index contributed by atoms with van der Waals surface area (Å²) in [5, 5.41) is 9.65. The molecule has 2 rings (SSSR count). The first-order valence-electron chi connectivity index (χ1n) is 9.70. The van der Waals surface area contributed by atoms with Crippen molar-refractivity contribution in [3.8, 4) is 11.1 Å². The quantitative estimate of drug-likeness (QED) is 0.510. The topological polar surface area (TPSA) is 113 Å². The zero-order valence-corrected chi connectivity index (χ0v) is 19.3. The molecule has 0 spiro atoms. The molecule has 0 heterocycles. The molecule has 2 unspecified atom stereocenters. The molecule has 7 nitrogen and oxygen atoms in total. The Balaban J connectivity index is 2.02. The van der Waals surface area contributed by atoms with Crippen molar-refractivity contribution in [2.75, 3.05) is 19.3 Å². The SMILES string of the molecule is CC(CNS(=O)(=O)C(C)C)c1ccc(-c2ccc(C(O)CNS(C)(=O)=O)cc2)cc1. The third-order valence-corrected chi connectivity index (χ3v) is 7.36. The molecule has 0 aliphatic rings. The minimum Gasteiger partial charge on any atom is -0.387 e. The molecule has 3 N–H and O–H groups in total. The second-order valence-electron chi connectivity index (χ2n) is 7.72. The van der Waals surface area contributed by atoms with E-state index in [0.29, 0.717) is 12.1 Å². The van der Waals surface area contributed by atoms with Crippen molar-refractivity contribution < 1.29 is 21.9 Å². The zero-order chi connectivity index (χ0) is 22.5. The average molecular weight is 455 g/mol. The van der Waals surface area contributed by atoms with Crippen LogP contribution in [0.1, 0.15) is 43.9 Å². The van der Waals surface area contributed by atoms with Gasteiger partial charge in [-0.05, 0) is 42.0 Å². The third-order valence-electron chi connectivity index (χ3n) is 4.86. The summed E-state index contributed by atoms with van der Waals surface area (Å²) in [6, 6.07) is 15.2. The first-order valence-corrected chi connectivity index (χ1v) is 13.1. The molecule has 0 aliphatic carbocycles. The normalized spacial score (nSPS) is 14.6. The summed E-state index contributed by atoms with van der Waals surface area (Å²) in [5.41, 5.74) is 3.60. The van der Waals surface area contributed by atoms with E-state index in [1.165, 1.54) is 0 Å². The van der Waals surface area contributed by atoms with E-state index in [9.17, 15) is 21.9 Å². The van der Waals surface area contributed by atoms with Crippen molar-refractivity contribution in [3.05, 3.63) is 59.7 Å². The molecule has 0 saturated carbocycles. The molecule has 0 aliphatic heterocycles. The standard InChI is InChI=1S/C21H30N2O5S2/c1-15(2)30(27,28)23-13-16(3)17-5-7-18(8-6-17)19-9-11-20(12-10-19)21(24)14-22-29(4,25)26/h5-12,15-16,21-24H,13-14H2,1-4H3. The van der Waals surface area contributed by atoms with Gasteiger partial charge in [-0.25, -0.2) is 26.3 Å². The van der Waals surface area contributed by atoms with E-state index in [-0.39, 0.29) is 12.5 Å². The van der Waals surface area contributed by atoms with E-state index in [0.717, 1.165) is 22.9 Å². The Hall–Kier alpha value is -1.78. The Labute approximate surface area is 179 Å². The maximum atomic E-state index is 11.9. The van der Waals surface area contributed by atoms with E-state index in [2.05, 4.69) is 9.44 Å². The van der Waals surface area contributed by atoms with Gasteiger partial charge in [0.25, 0.3) is 0 Å². The van der Waals surface area contributed by atoms with Gasteiger partial charge in [-0.1, -0.05) is 55.5 Å². The fourth-order valence-electron chi connectivity index (χ4n) is 2.78. The van der Waals surface area contributed by atoms with Gasteiger partial charge in [0.05, 0.1) is 17.6 Å². The highest BCUT2D eigenvalue weighted by molar-refractivity contribution is 7.90. The minimum atomic E-state index is -3.35. The maximum absolute atomic E-state index is 11.9. The van der Waals surface area contributed by atoms with Gasteiger partial charge in [-0.3, -0.25) is 0 Å². The average Bonchev–Trinajstić information content (AvgIpc) is 2.70. The summed E-state index contributed by atoms with van der Waals surface area (Å²) in [4.78, 5) is 0. The Bertz CT molecular complexity index is 1030. The Morgan fingerprint density at radius 2 is 1.23 bits per heavy atom. The monoisotopic (exact) mass is 454 g/mol. The molecule has 0 aromatic heterocycles. The van der Waals surface area contributed by atoms with Gasteiger partial charge in [0, 0.05) is 13.1 Å². The predicted molar refractivity (Wildman–Crippen MR) is 120 cm³/mol. The van der Waals surface area contributed by atoms with Crippen LogP contribution < -0.4 is 9.44 Å². The molecular formula is C21H30N2O5S2. The summed E-state index contributed by atoms with van der Waals surface area (Å²) in [7, 11) is -6.64. The highest BCUT2D eigenvalue weighted by Crippen LogP contribution is 2.24. The lowest BCUT2D eigenvalue weighted by atomic mass is 9.97. The van der Waals surface area contributed by atoms with Crippen LogP contribution in [0, 0.1) is 0 Å². The van der Waals surface area contributed by atoms with Crippen LogP contribution in [0.4, 0.5) is 0 Å². The molecule has 0 saturated heterocycles. The van der Waals surface area contributed by atoms with Crippen molar-refractivity contribution in [2.24, 2.45) is 0 Å². The minimum absolute atomic E-state index is 0.0347. The summed E-state index contributed by atoms with van der Waals surface area (Å²) in [6.45, 7) is 5.53. The molecule has 2 aromatic carbocycles. The van der Waals surface area contributed by atoms with Gasteiger partial charge in [0.1, 0.15) is 0 Å². The lowest BCUT2D eigenvalue weighted by Gasteiger charge is -2.16. The molecule has 9 heteroatoms. The van der Waals surface area contributed by atoms with Crippen LogP contribution >= 0.6 is 0 Å². The van der Waals surface area contributed by atoms with Crippen LogP contribution in [-0.4, -0.2) is 46.5 Å². The van der Waals surface area contributed by atoms with Gasteiger partial charge in [-0.2, -0.15) is 0 Å². The molecule has 0 fully saturated rings. The van der Waals surface area contributed by atoms with Gasteiger partial charge in [-0.15, -0.1) is 0 Å². The van der Waals surface area contributed by atoms with Crippen molar-refractivity contribution in [3.63, 3.8) is 0 Å². The van der Waals surface area contributed by atoms with E-state index in [1.54, 1.807) is 26.0 Å². The van der Waals surface area contributed by atoms with Crippen LogP contribution in [0.2, 0.25) is 0 Å². The Kier molecular flexibility index (Phi) is 8.18. The number of nitrogens with one attached hydrogen (secondary N) is 2. The number of hydrogen-bond acceptors (Lipinski definition) is 5. The number of benzene rings is 2. The third kappa shape index (κ3) is 7.17. The van der Waals surface area contributed by atoms with Crippen molar-refractivity contribution in [2.45, 2.75) is 38.0 Å². The van der Waals surface area contributed by atoms with Crippen LogP contribution in [0.3, 0.4) is 0 Å². The van der Waals surface area contributed by atoms with Crippen molar-refractivity contribution in [1.82, 2.24) is 9.44 Å². The first-order chi connectivity index (χ1) is 13.9. The summed E-state index contributed by atoms with van der Waals surface area (Å²) in [6.07, 6.45) is 0.124. The van der Waals surface area contributed by atoms with Crippen molar-refractivity contribution in [1.29, 1.82) is 0 Å². The lowest BCUT2D eigenvalue weighted by Crippen LogP contribution is -2.33. The lowest BCUT2D eigenvalue weighted by molar-refractivity contribution is 0.182. The highest BCUT2D eigenvalue weighted by Gasteiger charge is 2.17. The molecule has 2 aromatic rings. The Morgan fingerprint density at radius 3 is 1.67 bits per heavy atom. The molecule has 0 bridgehead atoms. The predicted octanol–water partition coefficient (Wildman–Crippen LogP) is 2.37. The van der Waals surface area contributed by atoms with Gasteiger partial charge >= 0.3 is 0 Å². The van der Waals surface area contributed by atoms with E-state index >= 15 is 0 Å². The number of rotatable bonds is 10. The molecule has 0 amide bonds. The largest absolute Gasteiger partial charge is 0.387 e. The summed E-state index contributed by atoms with van der Waals surface area (Å²) in [5.74, 6) is 0.0347. The second-order valence-corrected chi connectivity index (χ2v) is 11.9. The van der Waals surface area contributed by atoms with E-state index in [4.69, 9.17) is 0 Å². The van der Waals surface area contributed by atoms with Gasteiger partial charge in [0.2, 0.25) is 20.0 Å². The van der Waals surface area contributed by atoms with Gasteiger partial charge < -0.3 is 5.11 Å². The maximum Gasteiger partial charge on any atom is 0.213 e. The first kappa shape index (κ1) is 24.5. The summed E-state index contributed by atoms with van der Waals surface area (Å²) < 4.78 is 51.0. The molecule has 2 atom stereocenters. The van der Waals surface area contributed by atoms with E-state index < -0.39 is 31.4 Å². The van der Waals surface area contributed by atoms with Crippen LogP contribution in [0.25, 0.3) is 11.1 Å². The van der Waals surface area contributed by atoms with E-state index in [1.807, 2.05) is 43.3 Å². The molecule has 30 heavy (non-hydrogen) atoms. The smallest absolute Gasteiger partial charge is 0.213 e. The summed E-state index contributed by atoms with van der Waals surface area (Å²) >= 11 is 0. The van der Waals surface area contributed by atoms with Crippen LogP contribution in [-0.2, 0) is 20.0 Å². The fraction of sp³-hybridized carbons (Fsp3) is 0.429. The van der Waals surface area contributed by atoms with Gasteiger partial charge in [0.15, 0.2) is 0 Å². The number of aliphatic hydroxyl groups excluding tert-OH is 1. The number of hydrogen-bond donors (Lipinski definition) is 3. The van der Waals surface area contributed by atoms with Crippen LogP contribution in [0.15, 0.2) is 48.5 Å².